The fourth-order valence-corrected chi connectivity index (χ4v) is 2.56. The molecule has 0 aromatic heterocycles. The van der Waals surface area contributed by atoms with Crippen LogP contribution >= 0.6 is 11.8 Å². The molecule has 0 bridgehead atoms. The molecule has 0 saturated carbocycles. The summed E-state index contributed by atoms with van der Waals surface area (Å²) in [5.74, 6) is 0. The predicted octanol–water partition coefficient (Wildman–Crippen LogP) is 1.49. The SMILES string of the molecule is COCCN=C1NC(C)CC(C)S1. The third-order valence-corrected chi connectivity index (χ3v) is 2.98. The lowest BCUT2D eigenvalue weighted by atomic mass is 10.2. The summed E-state index contributed by atoms with van der Waals surface area (Å²) >= 11 is 1.82. The summed E-state index contributed by atoms with van der Waals surface area (Å²) in [6.07, 6.45) is 1.22. The van der Waals surface area contributed by atoms with Crippen LogP contribution in [0, 0.1) is 0 Å². The zero-order chi connectivity index (χ0) is 9.68. The maximum atomic E-state index is 4.94. The number of methoxy groups -OCH3 is 1. The molecule has 1 fully saturated rings. The normalized spacial score (nSPS) is 31.8. The molecule has 2 unspecified atom stereocenters. The topological polar surface area (TPSA) is 33.6 Å². The van der Waals surface area contributed by atoms with E-state index in [4.69, 9.17) is 4.74 Å². The molecule has 1 saturated heterocycles. The molecular weight excluding hydrogens is 184 g/mol. The first-order valence-corrected chi connectivity index (χ1v) is 5.57. The molecule has 2 atom stereocenters. The van der Waals surface area contributed by atoms with Gasteiger partial charge in [-0.3, -0.25) is 4.99 Å². The molecule has 13 heavy (non-hydrogen) atoms. The van der Waals surface area contributed by atoms with Gasteiger partial charge in [-0.25, -0.2) is 0 Å². The van der Waals surface area contributed by atoms with Crippen LogP contribution in [0.4, 0.5) is 0 Å². The van der Waals surface area contributed by atoms with Crippen molar-refractivity contribution in [1.29, 1.82) is 0 Å². The Morgan fingerprint density at radius 2 is 2.38 bits per heavy atom. The number of nitrogens with one attached hydrogen (secondary N) is 1. The summed E-state index contributed by atoms with van der Waals surface area (Å²) in [7, 11) is 1.70. The second-order valence-corrected chi connectivity index (χ2v) is 4.82. The van der Waals surface area contributed by atoms with Crippen molar-refractivity contribution in [3.05, 3.63) is 0 Å². The van der Waals surface area contributed by atoms with Gasteiger partial charge in [0.15, 0.2) is 5.17 Å². The molecule has 1 N–H and O–H groups in total. The maximum Gasteiger partial charge on any atom is 0.157 e. The first-order chi connectivity index (χ1) is 6.22. The minimum atomic E-state index is 0.553. The van der Waals surface area contributed by atoms with E-state index < -0.39 is 0 Å². The van der Waals surface area contributed by atoms with Gasteiger partial charge in [-0.2, -0.15) is 0 Å². The first-order valence-electron chi connectivity index (χ1n) is 4.69. The minimum Gasteiger partial charge on any atom is -0.383 e. The van der Waals surface area contributed by atoms with E-state index in [1.54, 1.807) is 7.11 Å². The molecule has 0 aliphatic carbocycles. The van der Waals surface area contributed by atoms with Gasteiger partial charge >= 0.3 is 0 Å². The number of nitrogens with zero attached hydrogens (tertiary/aromatic N) is 1. The third kappa shape index (κ3) is 4.00. The molecule has 0 radical (unpaired) electrons. The van der Waals surface area contributed by atoms with Gasteiger partial charge in [0.05, 0.1) is 13.2 Å². The van der Waals surface area contributed by atoms with Crippen LogP contribution in [-0.2, 0) is 4.74 Å². The second-order valence-electron chi connectivity index (χ2n) is 3.39. The molecule has 1 heterocycles. The first kappa shape index (κ1) is 10.9. The summed E-state index contributed by atoms with van der Waals surface area (Å²) < 4.78 is 4.94. The van der Waals surface area contributed by atoms with Crippen molar-refractivity contribution in [1.82, 2.24) is 5.32 Å². The summed E-state index contributed by atoms with van der Waals surface area (Å²) in [6, 6.07) is 0.553. The van der Waals surface area contributed by atoms with E-state index in [-0.39, 0.29) is 0 Å². The fourth-order valence-electron chi connectivity index (χ4n) is 1.36. The zero-order valence-electron chi connectivity index (χ0n) is 8.54. The highest BCUT2D eigenvalue weighted by molar-refractivity contribution is 8.14. The van der Waals surface area contributed by atoms with E-state index in [1.165, 1.54) is 6.42 Å². The lowest BCUT2D eigenvalue weighted by molar-refractivity contribution is 0.208. The lowest BCUT2D eigenvalue weighted by Crippen LogP contribution is -2.38. The summed E-state index contributed by atoms with van der Waals surface area (Å²) in [6.45, 7) is 5.90. The van der Waals surface area contributed by atoms with Crippen LogP contribution in [0.2, 0.25) is 0 Å². The molecule has 3 nitrogen and oxygen atoms in total. The van der Waals surface area contributed by atoms with Gasteiger partial charge in [-0.15, -0.1) is 0 Å². The third-order valence-electron chi connectivity index (χ3n) is 1.92. The van der Waals surface area contributed by atoms with Gasteiger partial charge < -0.3 is 10.1 Å². The van der Waals surface area contributed by atoms with Gasteiger partial charge in [0, 0.05) is 18.4 Å². The highest BCUT2D eigenvalue weighted by Gasteiger charge is 2.19. The van der Waals surface area contributed by atoms with Crippen LogP contribution < -0.4 is 5.32 Å². The van der Waals surface area contributed by atoms with Gasteiger partial charge in [0.2, 0.25) is 0 Å². The van der Waals surface area contributed by atoms with Crippen LogP contribution in [-0.4, -0.2) is 36.7 Å². The maximum absolute atomic E-state index is 4.94. The van der Waals surface area contributed by atoms with Crippen molar-refractivity contribution >= 4 is 16.9 Å². The van der Waals surface area contributed by atoms with Gasteiger partial charge in [-0.1, -0.05) is 18.7 Å². The Balaban J connectivity index is 2.35. The molecule has 1 aliphatic rings. The van der Waals surface area contributed by atoms with E-state index in [1.807, 2.05) is 11.8 Å². The van der Waals surface area contributed by atoms with Gasteiger partial charge in [0.25, 0.3) is 0 Å². The molecule has 4 heteroatoms. The highest BCUT2D eigenvalue weighted by atomic mass is 32.2. The van der Waals surface area contributed by atoms with Crippen molar-refractivity contribution in [2.45, 2.75) is 31.6 Å². The van der Waals surface area contributed by atoms with Crippen LogP contribution in [0.3, 0.4) is 0 Å². The van der Waals surface area contributed by atoms with Crippen molar-refractivity contribution < 1.29 is 4.74 Å². The average molecular weight is 202 g/mol. The number of hydrogen-bond donors (Lipinski definition) is 1. The molecule has 0 aromatic rings. The Labute approximate surface area is 84.3 Å². The fraction of sp³-hybridized carbons (Fsp3) is 0.889. The zero-order valence-corrected chi connectivity index (χ0v) is 9.36. The molecule has 1 aliphatic heterocycles. The number of aliphatic imine (C=N–C) groups is 1. The molecule has 1 rings (SSSR count). The standard InChI is InChI=1S/C9H18N2OS/c1-7-6-8(2)13-9(11-7)10-4-5-12-3/h7-8H,4-6H2,1-3H3,(H,10,11). The van der Waals surface area contributed by atoms with E-state index in [0.29, 0.717) is 17.9 Å². The molecular formula is C9H18N2OS. The number of ether oxygens (including phenoxy) is 1. The second kappa shape index (κ2) is 5.50. The largest absolute Gasteiger partial charge is 0.383 e. The predicted molar refractivity (Wildman–Crippen MR) is 58.4 cm³/mol. The average Bonchev–Trinajstić information content (AvgIpc) is 2.03. The van der Waals surface area contributed by atoms with Crippen molar-refractivity contribution in [3.63, 3.8) is 0 Å². The van der Waals surface area contributed by atoms with E-state index in [0.717, 1.165) is 11.7 Å². The van der Waals surface area contributed by atoms with E-state index in [2.05, 4.69) is 24.2 Å². The van der Waals surface area contributed by atoms with E-state index in [9.17, 15) is 0 Å². The Hall–Kier alpha value is -0.220. The summed E-state index contributed by atoms with van der Waals surface area (Å²) in [5.41, 5.74) is 0. The smallest absolute Gasteiger partial charge is 0.157 e. The van der Waals surface area contributed by atoms with Crippen molar-refractivity contribution in [2.75, 3.05) is 20.3 Å². The van der Waals surface area contributed by atoms with Crippen molar-refractivity contribution in [2.24, 2.45) is 4.99 Å². The minimum absolute atomic E-state index is 0.553. The Morgan fingerprint density at radius 1 is 1.62 bits per heavy atom. The van der Waals surface area contributed by atoms with Crippen molar-refractivity contribution in [3.8, 4) is 0 Å². The number of amidine groups is 1. The lowest BCUT2D eigenvalue weighted by Gasteiger charge is -2.26. The van der Waals surface area contributed by atoms with Crippen LogP contribution in [0.5, 0.6) is 0 Å². The van der Waals surface area contributed by atoms with Crippen LogP contribution in [0.25, 0.3) is 0 Å². The monoisotopic (exact) mass is 202 g/mol. The molecule has 76 valence electrons. The molecule has 0 spiro atoms. The Bertz CT molecular complexity index is 172. The van der Waals surface area contributed by atoms with Gasteiger partial charge in [0.1, 0.15) is 0 Å². The molecule has 0 amide bonds. The Morgan fingerprint density at radius 3 is 3.00 bits per heavy atom. The van der Waals surface area contributed by atoms with Crippen LogP contribution in [0.1, 0.15) is 20.3 Å². The number of thioether (sulfide) groups is 1. The summed E-state index contributed by atoms with van der Waals surface area (Å²) in [5, 5.41) is 5.11. The number of hydrogen-bond acceptors (Lipinski definition) is 3. The molecule has 0 aromatic carbocycles. The van der Waals surface area contributed by atoms with Crippen LogP contribution in [0.15, 0.2) is 4.99 Å². The highest BCUT2D eigenvalue weighted by Crippen LogP contribution is 2.21. The van der Waals surface area contributed by atoms with E-state index >= 15 is 0 Å². The van der Waals surface area contributed by atoms with Gasteiger partial charge in [-0.05, 0) is 13.3 Å². The Kier molecular flexibility index (Phi) is 4.59. The number of rotatable bonds is 3. The quantitative estimate of drug-likeness (QED) is 0.704. The summed E-state index contributed by atoms with van der Waals surface area (Å²) in [4.78, 5) is 4.42.